The number of hydrogen-bond acceptors (Lipinski definition) is 6. The standard InChI is InChI=1S/C11H18N2O3S/c1-4-16-11(14)9(12-5-6-15-3)10-8(2)13-7-17-10/h7,9,12H,4-6H2,1-3H3. The maximum atomic E-state index is 11.8. The maximum absolute atomic E-state index is 11.8. The lowest BCUT2D eigenvalue weighted by Gasteiger charge is -2.16. The Morgan fingerprint density at radius 3 is 2.94 bits per heavy atom. The molecule has 1 unspecified atom stereocenters. The van der Waals surface area contributed by atoms with Crippen molar-refractivity contribution in [2.75, 3.05) is 26.9 Å². The Kier molecular flexibility index (Phi) is 6.10. The number of rotatable bonds is 7. The summed E-state index contributed by atoms with van der Waals surface area (Å²) in [4.78, 5) is 16.9. The lowest BCUT2D eigenvalue weighted by atomic mass is 10.2. The molecule has 1 rings (SSSR count). The van der Waals surface area contributed by atoms with Gasteiger partial charge in [0.25, 0.3) is 0 Å². The number of aryl methyl sites for hydroxylation is 1. The number of carbonyl (C=O) groups excluding carboxylic acids is 1. The number of hydrogen-bond donors (Lipinski definition) is 1. The summed E-state index contributed by atoms with van der Waals surface area (Å²) in [6.07, 6.45) is 0. The molecule has 0 aromatic carbocycles. The number of methoxy groups -OCH3 is 1. The van der Waals surface area contributed by atoms with Crippen LogP contribution in [0.2, 0.25) is 0 Å². The molecule has 0 amide bonds. The Hall–Kier alpha value is -0.980. The summed E-state index contributed by atoms with van der Waals surface area (Å²) < 4.78 is 10.0. The van der Waals surface area contributed by atoms with Crippen molar-refractivity contribution < 1.29 is 14.3 Å². The largest absolute Gasteiger partial charge is 0.465 e. The van der Waals surface area contributed by atoms with Gasteiger partial charge in [0.1, 0.15) is 6.04 Å². The second kappa shape index (κ2) is 7.37. The van der Waals surface area contributed by atoms with Gasteiger partial charge in [-0.15, -0.1) is 11.3 Å². The van der Waals surface area contributed by atoms with E-state index in [1.54, 1.807) is 19.5 Å². The molecule has 96 valence electrons. The number of esters is 1. The van der Waals surface area contributed by atoms with Crippen LogP contribution in [0.4, 0.5) is 0 Å². The lowest BCUT2D eigenvalue weighted by Crippen LogP contribution is -2.32. The van der Waals surface area contributed by atoms with Gasteiger partial charge in [-0.05, 0) is 13.8 Å². The number of ether oxygens (including phenoxy) is 2. The molecule has 1 heterocycles. The third kappa shape index (κ3) is 4.07. The highest BCUT2D eigenvalue weighted by Gasteiger charge is 2.24. The molecule has 0 spiro atoms. The molecule has 1 aromatic rings. The van der Waals surface area contributed by atoms with Crippen LogP contribution in [0.1, 0.15) is 23.5 Å². The lowest BCUT2D eigenvalue weighted by molar-refractivity contribution is -0.145. The zero-order valence-electron chi connectivity index (χ0n) is 10.4. The van der Waals surface area contributed by atoms with Crippen molar-refractivity contribution in [3.63, 3.8) is 0 Å². The van der Waals surface area contributed by atoms with Crippen LogP contribution in [0.15, 0.2) is 5.51 Å². The number of aromatic nitrogens is 1. The van der Waals surface area contributed by atoms with E-state index in [1.165, 1.54) is 11.3 Å². The van der Waals surface area contributed by atoms with E-state index in [-0.39, 0.29) is 5.97 Å². The van der Waals surface area contributed by atoms with E-state index in [0.29, 0.717) is 19.8 Å². The Morgan fingerprint density at radius 1 is 1.65 bits per heavy atom. The van der Waals surface area contributed by atoms with Gasteiger partial charge >= 0.3 is 5.97 Å². The van der Waals surface area contributed by atoms with Crippen LogP contribution in [0.25, 0.3) is 0 Å². The van der Waals surface area contributed by atoms with Crippen molar-refractivity contribution in [1.82, 2.24) is 10.3 Å². The molecule has 0 aliphatic heterocycles. The maximum Gasteiger partial charge on any atom is 0.328 e. The van der Waals surface area contributed by atoms with E-state index < -0.39 is 6.04 Å². The van der Waals surface area contributed by atoms with Crippen LogP contribution in [0.3, 0.4) is 0 Å². The third-order valence-corrected chi connectivity index (χ3v) is 3.22. The fourth-order valence-electron chi connectivity index (χ4n) is 1.40. The van der Waals surface area contributed by atoms with Gasteiger partial charge in [0.2, 0.25) is 0 Å². The Morgan fingerprint density at radius 2 is 2.41 bits per heavy atom. The van der Waals surface area contributed by atoms with Crippen molar-refractivity contribution in [3.8, 4) is 0 Å². The molecule has 5 nitrogen and oxygen atoms in total. The average molecular weight is 258 g/mol. The summed E-state index contributed by atoms with van der Waals surface area (Å²) in [5.74, 6) is -0.268. The Bertz CT molecular complexity index is 354. The van der Waals surface area contributed by atoms with Crippen molar-refractivity contribution in [2.24, 2.45) is 0 Å². The number of nitrogens with zero attached hydrogens (tertiary/aromatic N) is 1. The molecule has 0 saturated heterocycles. The molecule has 0 aliphatic carbocycles. The minimum atomic E-state index is -0.447. The highest BCUT2D eigenvalue weighted by molar-refractivity contribution is 7.10. The fraction of sp³-hybridized carbons (Fsp3) is 0.636. The van der Waals surface area contributed by atoms with Gasteiger partial charge in [-0.1, -0.05) is 0 Å². The molecular weight excluding hydrogens is 240 g/mol. The van der Waals surface area contributed by atoms with E-state index in [1.807, 2.05) is 6.92 Å². The molecule has 1 atom stereocenters. The summed E-state index contributed by atoms with van der Waals surface area (Å²) >= 11 is 1.45. The first-order valence-electron chi connectivity index (χ1n) is 5.49. The van der Waals surface area contributed by atoms with Crippen molar-refractivity contribution in [3.05, 3.63) is 16.1 Å². The summed E-state index contributed by atoms with van der Waals surface area (Å²) in [6.45, 7) is 5.20. The van der Waals surface area contributed by atoms with E-state index in [2.05, 4.69) is 10.3 Å². The average Bonchev–Trinajstić information content (AvgIpc) is 2.71. The number of nitrogens with one attached hydrogen (secondary N) is 1. The molecule has 0 fully saturated rings. The predicted octanol–water partition coefficient (Wildman–Crippen LogP) is 1.29. The summed E-state index contributed by atoms with van der Waals surface area (Å²) in [5.41, 5.74) is 2.59. The third-order valence-electron chi connectivity index (χ3n) is 2.22. The molecule has 0 aliphatic rings. The van der Waals surface area contributed by atoms with E-state index in [4.69, 9.17) is 9.47 Å². The molecular formula is C11H18N2O3S. The SMILES string of the molecule is CCOC(=O)C(NCCOC)c1scnc1C. The van der Waals surface area contributed by atoms with Crippen LogP contribution >= 0.6 is 11.3 Å². The molecule has 0 saturated carbocycles. The van der Waals surface area contributed by atoms with Gasteiger partial charge in [-0.25, -0.2) is 9.78 Å². The number of carbonyl (C=O) groups is 1. The highest BCUT2D eigenvalue weighted by Crippen LogP contribution is 2.22. The number of thiazole rings is 1. The van der Waals surface area contributed by atoms with Gasteiger partial charge in [0.05, 0.1) is 29.3 Å². The quantitative estimate of drug-likeness (QED) is 0.590. The molecule has 0 bridgehead atoms. The topological polar surface area (TPSA) is 60.5 Å². The fourth-order valence-corrected chi connectivity index (χ4v) is 2.27. The van der Waals surface area contributed by atoms with Gasteiger partial charge in [0, 0.05) is 13.7 Å². The van der Waals surface area contributed by atoms with Gasteiger partial charge in [0.15, 0.2) is 0 Å². The van der Waals surface area contributed by atoms with Crippen LogP contribution in [0, 0.1) is 6.92 Å². The molecule has 1 N–H and O–H groups in total. The zero-order valence-corrected chi connectivity index (χ0v) is 11.2. The van der Waals surface area contributed by atoms with Gasteiger partial charge in [-0.2, -0.15) is 0 Å². The first-order chi connectivity index (χ1) is 8.20. The van der Waals surface area contributed by atoms with E-state index in [9.17, 15) is 4.79 Å². The second-order valence-electron chi connectivity index (χ2n) is 3.43. The minimum Gasteiger partial charge on any atom is -0.465 e. The van der Waals surface area contributed by atoms with Crippen LogP contribution < -0.4 is 5.32 Å². The van der Waals surface area contributed by atoms with Crippen molar-refractivity contribution in [1.29, 1.82) is 0 Å². The summed E-state index contributed by atoms with van der Waals surface area (Å²) in [7, 11) is 1.62. The Labute approximate surface area is 105 Å². The summed E-state index contributed by atoms with van der Waals surface area (Å²) in [6, 6.07) is -0.447. The van der Waals surface area contributed by atoms with Crippen LogP contribution in [-0.4, -0.2) is 37.8 Å². The first kappa shape index (κ1) is 14.1. The van der Waals surface area contributed by atoms with Crippen LogP contribution in [0.5, 0.6) is 0 Å². The van der Waals surface area contributed by atoms with E-state index >= 15 is 0 Å². The molecule has 1 aromatic heterocycles. The first-order valence-corrected chi connectivity index (χ1v) is 6.37. The van der Waals surface area contributed by atoms with E-state index in [0.717, 1.165) is 10.6 Å². The minimum absolute atomic E-state index is 0.268. The zero-order chi connectivity index (χ0) is 12.7. The van der Waals surface area contributed by atoms with Gasteiger partial charge < -0.3 is 9.47 Å². The predicted molar refractivity (Wildman–Crippen MR) is 66.1 cm³/mol. The monoisotopic (exact) mass is 258 g/mol. The molecule has 17 heavy (non-hydrogen) atoms. The Balaban J connectivity index is 2.72. The highest BCUT2D eigenvalue weighted by atomic mass is 32.1. The van der Waals surface area contributed by atoms with Crippen molar-refractivity contribution >= 4 is 17.3 Å². The van der Waals surface area contributed by atoms with Crippen molar-refractivity contribution in [2.45, 2.75) is 19.9 Å². The summed E-state index contributed by atoms with van der Waals surface area (Å²) in [5, 5.41) is 3.12. The normalized spacial score (nSPS) is 12.4. The second-order valence-corrected chi connectivity index (χ2v) is 4.32. The molecule has 0 radical (unpaired) electrons. The van der Waals surface area contributed by atoms with Gasteiger partial charge in [-0.3, -0.25) is 5.32 Å². The smallest absolute Gasteiger partial charge is 0.328 e. The molecule has 6 heteroatoms. The van der Waals surface area contributed by atoms with Crippen LogP contribution in [-0.2, 0) is 14.3 Å².